The lowest BCUT2D eigenvalue weighted by Gasteiger charge is -2.07. The van der Waals surface area contributed by atoms with Gasteiger partial charge in [0.25, 0.3) is 5.69 Å². The fourth-order valence-corrected chi connectivity index (χ4v) is 3.50. The highest BCUT2D eigenvalue weighted by Crippen LogP contribution is 2.34. The van der Waals surface area contributed by atoms with Crippen molar-refractivity contribution in [3.63, 3.8) is 0 Å². The van der Waals surface area contributed by atoms with Crippen molar-refractivity contribution in [2.24, 2.45) is 0 Å². The summed E-state index contributed by atoms with van der Waals surface area (Å²) in [6.45, 7) is 0.0357. The van der Waals surface area contributed by atoms with E-state index in [0.717, 1.165) is 0 Å². The molecule has 20 heavy (non-hydrogen) atoms. The Bertz CT molecular complexity index is 815. The number of nitro benzene ring substituents is 1. The molecule has 0 saturated heterocycles. The number of benzene rings is 2. The number of hydrogen-bond donors (Lipinski definition) is 1. The molecule has 3 rings (SSSR count). The first kappa shape index (κ1) is 12.8. The summed E-state index contributed by atoms with van der Waals surface area (Å²) in [7, 11) is -3.60. The molecule has 0 aliphatic carbocycles. The van der Waals surface area contributed by atoms with Crippen molar-refractivity contribution in [2.45, 2.75) is 11.4 Å². The molecule has 0 bridgehead atoms. The third kappa shape index (κ3) is 1.97. The van der Waals surface area contributed by atoms with Crippen molar-refractivity contribution in [2.75, 3.05) is 0 Å². The van der Waals surface area contributed by atoms with Gasteiger partial charge in [0.1, 0.15) is 0 Å². The summed E-state index contributed by atoms with van der Waals surface area (Å²) in [5.74, 6) is 0. The topological polar surface area (TPSA) is 89.3 Å². The van der Waals surface area contributed by atoms with Crippen LogP contribution in [-0.4, -0.2) is 13.3 Å². The van der Waals surface area contributed by atoms with Crippen molar-refractivity contribution in [1.82, 2.24) is 4.72 Å². The molecule has 0 spiro atoms. The van der Waals surface area contributed by atoms with Gasteiger partial charge in [-0.15, -0.1) is 0 Å². The summed E-state index contributed by atoms with van der Waals surface area (Å²) >= 11 is 0. The molecule has 0 atom stereocenters. The molecule has 1 aliphatic heterocycles. The lowest BCUT2D eigenvalue weighted by molar-refractivity contribution is -0.384. The number of fused-ring (bicyclic) bond motifs is 3. The predicted molar refractivity (Wildman–Crippen MR) is 72.6 cm³/mol. The molecule has 0 amide bonds. The van der Waals surface area contributed by atoms with E-state index in [1.807, 2.05) is 0 Å². The summed E-state index contributed by atoms with van der Waals surface area (Å²) in [6.07, 6.45) is 0. The highest BCUT2D eigenvalue weighted by Gasteiger charge is 2.25. The molecule has 0 radical (unpaired) electrons. The normalized spacial score (nSPS) is 15.8. The molecular formula is C13H10N2O4S. The van der Waals surface area contributed by atoms with Gasteiger partial charge in [0.15, 0.2) is 0 Å². The highest BCUT2D eigenvalue weighted by molar-refractivity contribution is 7.89. The lowest BCUT2D eigenvalue weighted by Crippen LogP contribution is -2.21. The Labute approximate surface area is 115 Å². The third-order valence-electron chi connectivity index (χ3n) is 3.22. The van der Waals surface area contributed by atoms with E-state index in [1.165, 1.54) is 18.2 Å². The van der Waals surface area contributed by atoms with E-state index >= 15 is 0 Å². The van der Waals surface area contributed by atoms with Gasteiger partial charge in [-0.2, -0.15) is 0 Å². The summed E-state index contributed by atoms with van der Waals surface area (Å²) in [5.41, 5.74) is 1.79. The van der Waals surface area contributed by atoms with E-state index in [-0.39, 0.29) is 17.1 Å². The smallest absolute Gasteiger partial charge is 0.258 e. The average Bonchev–Trinajstić information content (AvgIpc) is 2.55. The van der Waals surface area contributed by atoms with Gasteiger partial charge in [-0.25, -0.2) is 13.1 Å². The van der Waals surface area contributed by atoms with Crippen LogP contribution in [-0.2, 0) is 16.6 Å². The molecule has 0 saturated carbocycles. The van der Waals surface area contributed by atoms with Gasteiger partial charge in [0, 0.05) is 24.2 Å². The van der Waals surface area contributed by atoms with Crippen LogP contribution in [0.4, 0.5) is 5.69 Å². The number of non-ortho nitro benzene ring substituents is 1. The maximum Gasteiger partial charge on any atom is 0.269 e. The zero-order valence-corrected chi connectivity index (χ0v) is 11.1. The SMILES string of the molecule is O=[N+]([O-])c1ccc2c(c1)CNS(=O)(=O)c1ccccc1-2. The molecule has 102 valence electrons. The van der Waals surface area contributed by atoms with Crippen molar-refractivity contribution in [3.8, 4) is 11.1 Å². The predicted octanol–water partition coefficient (Wildman–Crippen LogP) is 2.05. The second-order valence-corrected chi connectivity index (χ2v) is 6.15. The first-order chi connectivity index (χ1) is 9.49. The van der Waals surface area contributed by atoms with Crippen LogP contribution >= 0.6 is 0 Å². The maximum absolute atomic E-state index is 12.1. The Kier molecular flexibility index (Phi) is 2.81. The van der Waals surface area contributed by atoms with Crippen LogP contribution in [0.2, 0.25) is 0 Å². The average molecular weight is 290 g/mol. The molecule has 0 unspecified atom stereocenters. The summed E-state index contributed by atoms with van der Waals surface area (Å²) < 4.78 is 26.7. The number of hydrogen-bond acceptors (Lipinski definition) is 4. The molecular weight excluding hydrogens is 280 g/mol. The molecule has 6 nitrogen and oxygen atoms in total. The van der Waals surface area contributed by atoms with Gasteiger partial charge in [0.2, 0.25) is 10.0 Å². The van der Waals surface area contributed by atoms with Gasteiger partial charge < -0.3 is 0 Å². The first-order valence-electron chi connectivity index (χ1n) is 5.85. The highest BCUT2D eigenvalue weighted by atomic mass is 32.2. The molecule has 0 aromatic heterocycles. The maximum atomic E-state index is 12.1. The zero-order chi connectivity index (χ0) is 14.3. The Morgan fingerprint density at radius 1 is 1.10 bits per heavy atom. The van der Waals surface area contributed by atoms with Crippen LogP contribution in [0.25, 0.3) is 11.1 Å². The number of sulfonamides is 1. The second kappa shape index (κ2) is 4.39. The van der Waals surface area contributed by atoms with Gasteiger partial charge in [-0.3, -0.25) is 10.1 Å². The molecule has 2 aromatic rings. The molecule has 1 heterocycles. The fraction of sp³-hybridized carbons (Fsp3) is 0.0769. The van der Waals surface area contributed by atoms with Gasteiger partial charge >= 0.3 is 0 Å². The molecule has 0 fully saturated rings. The monoisotopic (exact) mass is 290 g/mol. The minimum Gasteiger partial charge on any atom is -0.258 e. The second-order valence-electron chi connectivity index (χ2n) is 4.42. The van der Waals surface area contributed by atoms with Crippen molar-refractivity contribution < 1.29 is 13.3 Å². The van der Waals surface area contributed by atoms with Crippen LogP contribution in [0.1, 0.15) is 5.56 Å². The molecule has 7 heteroatoms. The molecule has 1 N–H and O–H groups in total. The zero-order valence-electron chi connectivity index (χ0n) is 10.2. The summed E-state index contributed by atoms with van der Waals surface area (Å²) in [4.78, 5) is 10.5. The minimum atomic E-state index is -3.60. The summed E-state index contributed by atoms with van der Waals surface area (Å²) in [5, 5.41) is 10.8. The number of nitrogens with zero attached hydrogens (tertiary/aromatic N) is 1. The Hall–Kier alpha value is -2.25. The lowest BCUT2D eigenvalue weighted by atomic mass is 9.99. The van der Waals surface area contributed by atoms with E-state index in [2.05, 4.69) is 4.72 Å². The first-order valence-corrected chi connectivity index (χ1v) is 7.34. The number of rotatable bonds is 1. The van der Waals surface area contributed by atoms with Crippen molar-refractivity contribution in [1.29, 1.82) is 0 Å². The van der Waals surface area contributed by atoms with Crippen LogP contribution in [0.5, 0.6) is 0 Å². The van der Waals surface area contributed by atoms with Crippen LogP contribution in [0.15, 0.2) is 47.4 Å². The van der Waals surface area contributed by atoms with E-state index in [1.54, 1.807) is 24.3 Å². The quantitative estimate of drug-likeness (QED) is 0.643. The van der Waals surface area contributed by atoms with Crippen molar-refractivity contribution in [3.05, 3.63) is 58.1 Å². The largest absolute Gasteiger partial charge is 0.269 e. The van der Waals surface area contributed by atoms with Crippen molar-refractivity contribution >= 4 is 15.7 Å². The fourth-order valence-electron chi connectivity index (χ4n) is 2.28. The van der Waals surface area contributed by atoms with Crippen LogP contribution < -0.4 is 4.72 Å². The standard InChI is InChI=1S/C13H10N2O4S/c16-15(17)10-5-6-11-9(7-10)8-14-20(18,19)13-4-2-1-3-12(11)13/h1-7,14H,8H2. The van der Waals surface area contributed by atoms with E-state index in [0.29, 0.717) is 16.7 Å². The summed E-state index contributed by atoms with van der Waals surface area (Å²) in [6, 6.07) is 11.0. The number of nitro groups is 1. The third-order valence-corrected chi connectivity index (χ3v) is 4.68. The minimum absolute atomic E-state index is 0.0357. The van der Waals surface area contributed by atoms with E-state index < -0.39 is 14.9 Å². The Morgan fingerprint density at radius 2 is 1.85 bits per heavy atom. The van der Waals surface area contributed by atoms with Crippen LogP contribution in [0, 0.1) is 10.1 Å². The van der Waals surface area contributed by atoms with Gasteiger partial charge in [0.05, 0.1) is 9.82 Å². The van der Waals surface area contributed by atoms with Gasteiger partial charge in [-0.1, -0.05) is 18.2 Å². The van der Waals surface area contributed by atoms with Crippen LogP contribution in [0.3, 0.4) is 0 Å². The van der Waals surface area contributed by atoms with E-state index in [4.69, 9.17) is 0 Å². The Morgan fingerprint density at radius 3 is 2.60 bits per heavy atom. The number of nitrogens with one attached hydrogen (secondary N) is 1. The Balaban J connectivity index is 2.30. The molecule has 2 aromatic carbocycles. The van der Waals surface area contributed by atoms with E-state index in [9.17, 15) is 18.5 Å². The molecule has 1 aliphatic rings. The van der Waals surface area contributed by atoms with Gasteiger partial charge in [-0.05, 0) is 23.3 Å².